The van der Waals surface area contributed by atoms with Crippen LogP contribution in [0.1, 0.15) is 38.8 Å². The molecule has 0 aromatic heterocycles. The highest BCUT2D eigenvalue weighted by atomic mass is 28.4. The number of aliphatic carboxylic acids is 1. The molecule has 0 aliphatic carbocycles. The minimum Gasteiger partial charge on any atom is -0.480 e. The molecule has 1 atom stereocenters. The van der Waals surface area contributed by atoms with Crippen LogP contribution in [-0.2, 0) is 22.3 Å². The molecular formula is C24H35NO3Si. The van der Waals surface area contributed by atoms with Gasteiger partial charge in [0.2, 0.25) is 0 Å². The van der Waals surface area contributed by atoms with Gasteiger partial charge in [-0.05, 0) is 36.2 Å². The van der Waals surface area contributed by atoms with Gasteiger partial charge < -0.3 is 9.53 Å². The highest BCUT2D eigenvalue weighted by Gasteiger charge is 2.44. The molecule has 1 unspecified atom stereocenters. The standard InChI is InChI=1S/C24H35NO3Si/c1-23(2,3)29(5,6)28-19-24(4,22(26)27)25(17-20-13-9-7-10-14-20)18-21-15-11-8-12-16-21/h7-16H,17-19H2,1-6H3,(H,26,27). The first-order valence-electron chi connectivity index (χ1n) is 10.2. The van der Waals surface area contributed by atoms with Crippen molar-refractivity contribution in [3.63, 3.8) is 0 Å². The summed E-state index contributed by atoms with van der Waals surface area (Å²) >= 11 is 0. The van der Waals surface area contributed by atoms with Crippen molar-refractivity contribution in [3.05, 3.63) is 71.8 Å². The third-order valence-electron chi connectivity index (χ3n) is 6.11. The lowest BCUT2D eigenvalue weighted by Gasteiger charge is -2.43. The summed E-state index contributed by atoms with van der Waals surface area (Å²) in [5.74, 6) is -0.858. The monoisotopic (exact) mass is 413 g/mol. The SMILES string of the molecule is CC(CO[Si](C)(C)C(C)(C)C)(C(=O)O)N(Cc1ccccc1)Cc1ccccc1. The van der Waals surface area contributed by atoms with Gasteiger partial charge in [0.1, 0.15) is 5.54 Å². The van der Waals surface area contributed by atoms with Crippen molar-refractivity contribution in [2.45, 2.75) is 64.5 Å². The summed E-state index contributed by atoms with van der Waals surface area (Å²) in [7, 11) is -2.08. The molecule has 0 saturated heterocycles. The summed E-state index contributed by atoms with van der Waals surface area (Å²) < 4.78 is 6.39. The van der Waals surface area contributed by atoms with E-state index < -0.39 is 19.8 Å². The van der Waals surface area contributed by atoms with Crippen LogP contribution in [0.15, 0.2) is 60.7 Å². The fourth-order valence-electron chi connectivity index (χ4n) is 2.84. The van der Waals surface area contributed by atoms with Gasteiger partial charge in [-0.2, -0.15) is 0 Å². The first-order chi connectivity index (χ1) is 13.5. The van der Waals surface area contributed by atoms with E-state index in [9.17, 15) is 9.90 Å². The Balaban J connectivity index is 2.35. The second-order valence-electron chi connectivity index (χ2n) is 9.46. The average molecular weight is 414 g/mol. The molecule has 0 amide bonds. The van der Waals surface area contributed by atoms with Crippen LogP contribution < -0.4 is 0 Å². The van der Waals surface area contributed by atoms with Gasteiger partial charge in [-0.3, -0.25) is 9.69 Å². The van der Waals surface area contributed by atoms with Crippen molar-refractivity contribution >= 4 is 14.3 Å². The Hall–Kier alpha value is -1.95. The summed E-state index contributed by atoms with van der Waals surface area (Å²) in [6.45, 7) is 13.9. The Bertz CT molecular complexity index is 745. The molecule has 4 nitrogen and oxygen atoms in total. The van der Waals surface area contributed by atoms with E-state index in [0.717, 1.165) is 11.1 Å². The highest BCUT2D eigenvalue weighted by molar-refractivity contribution is 6.74. The Morgan fingerprint density at radius 3 is 1.66 bits per heavy atom. The van der Waals surface area contributed by atoms with Crippen LogP contribution in [-0.4, -0.2) is 36.4 Å². The molecular weight excluding hydrogens is 378 g/mol. The van der Waals surface area contributed by atoms with Gasteiger partial charge in [0.25, 0.3) is 0 Å². The smallest absolute Gasteiger partial charge is 0.326 e. The Kier molecular flexibility index (Phi) is 7.43. The van der Waals surface area contributed by atoms with Crippen LogP contribution in [0.25, 0.3) is 0 Å². The van der Waals surface area contributed by atoms with Crippen molar-refractivity contribution in [2.24, 2.45) is 0 Å². The van der Waals surface area contributed by atoms with Gasteiger partial charge in [-0.25, -0.2) is 0 Å². The fraction of sp³-hybridized carbons (Fsp3) is 0.458. The summed E-state index contributed by atoms with van der Waals surface area (Å²) in [6, 6.07) is 20.0. The van der Waals surface area contributed by atoms with Gasteiger partial charge in [0.05, 0.1) is 6.61 Å². The molecule has 2 aromatic carbocycles. The van der Waals surface area contributed by atoms with Crippen LogP contribution in [0, 0.1) is 0 Å². The molecule has 0 aliphatic heterocycles. The maximum Gasteiger partial charge on any atom is 0.326 e. The van der Waals surface area contributed by atoms with Crippen molar-refractivity contribution in [1.29, 1.82) is 0 Å². The first-order valence-corrected chi connectivity index (χ1v) is 13.1. The lowest BCUT2D eigenvalue weighted by molar-refractivity contribution is -0.154. The Morgan fingerprint density at radius 2 is 1.31 bits per heavy atom. The molecule has 0 aliphatic rings. The third kappa shape index (κ3) is 6.01. The molecule has 0 radical (unpaired) electrons. The minimum absolute atomic E-state index is 0.0239. The lowest BCUT2D eigenvalue weighted by Crippen LogP contribution is -2.57. The van der Waals surface area contributed by atoms with Gasteiger partial charge in [0.15, 0.2) is 8.32 Å². The zero-order valence-corrected chi connectivity index (χ0v) is 19.6. The highest BCUT2D eigenvalue weighted by Crippen LogP contribution is 2.37. The first kappa shape index (κ1) is 23.3. The molecule has 2 rings (SSSR count). The normalized spacial score (nSPS) is 14.6. The fourth-order valence-corrected chi connectivity index (χ4v) is 3.91. The molecule has 0 bridgehead atoms. The molecule has 0 fully saturated rings. The second-order valence-corrected chi connectivity index (χ2v) is 14.3. The number of carboxylic acid groups (broad SMARTS) is 1. The molecule has 1 N–H and O–H groups in total. The van der Waals surface area contributed by atoms with E-state index in [4.69, 9.17) is 4.43 Å². The van der Waals surface area contributed by atoms with Crippen LogP contribution >= 0.6 is 0 Å². The van der Waals surface area contributed by atoms with E-state index in [0.29, 0.717) is 13.1 Å². The van der Waals surface area contributed by atoms with E-state index in [1.807, 2.05) is 65.6 Å². The van der Waals surface area contributed by atoms with Crippen molar-refractivity contribution in [2.75, 3.05) is 6.61 Å². The van der Waals surface area contributed by atoms with Crippen LogP contribution in [0.2, 0.25) is 18.1 Å². The zero-order chi connectivity index (χ0) is 21.7. The molecule has 0 saturated carbocycles. The van der Waals surface area contributed by atoms with Gasteiger partial charge in [0, 0.05) is 13.1 Å². The number of hydrogen-bond acceptors (Lipinski definition) is 3. The molecule has 158 valence electrons. The number of benzene rings is 2. The summed E-state index contributed by atoms with van der Waals surface area (Å²) in [6.07, 6.45) is 0. The molecule has 0 spiro atoms. The van der Waals surface area contributed by atoms with E-state index in [2.05, 4.69) is 33.9 Å². The number of hydrogen-bond donors (Lipinski definition) is 1. The van der Waals surface area contributed by atoms with E-state index in [-0.39, 0.29) is 11.6 Å². The van der Waals surface area contributed by atoms with E-state index >= 15 is 0 Å². The predicted octanol–water partition coefficient (Wildman–Crippen LogP) is 5.55. The largest absolute Gasteiger partial charge is 0.480 e. The third-order valence-corrected chi connectivity index (χ3v) is 10.6. The second kappa shape index (κ2) is 9.24. The molecule has 29 heavy (non-hydrogen) atoms. The van der Waals surface area contributed by atoms with Gasteiger partial charge in [-0.15, -0.1) is 0 Å². The Morgan fingerprint density at radius 1 is 0.897 bits per heavy atom. The Labute approximate surface area is 176 Å². The zero-order valence-electron chi connectivity index (χ0n) is 18.6. The van der Waals surface area contributed by atoms with Gasteiger partial charge in [-0.1, -0.05) is 81.4 Å². The predicted molar refractivity (Wildman–Crippen MR) is 121 cm³/mol. The van der Waals surface area contributed by atoms with E-state index in [1.54, 1.807) is 6.92 Å². The van der Waals surface area contributed by atoms with Crippen molar-refractivity contribution < 1.29 is 14.3 Å². The molecule has 0 heterocycles. The van der Waals surface area contributed by atoms with Crippen LogP contribution in [0.4, 0.5) is 0 Å². The number of carboxylic acids is 1. The van der Waals surface area contributed by atoms with Crippen molar-refractivity contribution in [3.8, 4) is 0 Å². The maximum absolute atomic E-state index is 12.5. The maximum atomic E-state index is 12.5. The quantitative estimate of drug-likeness (QED) is 0.547. The summed E-state index contributed by atoms with van der Waals surface area (Å²) in [4.78, 5) is 14.5. The van der Waals surface area contributed by atoms with Crippen molar-refractivity contribution in [1.82, 2.24) is 4.90 Å². The lowest BCUT2D eigenvalue weighted by atomic mass is 9.99. The molecule has 2 aromatic rings. The van der Waals surface area contributed by atoms with Gasteiger partial charge >= 0.3 is 5.97 Å². The summed E-state index contributed by atoms with van der Waals surface area (Å²) in [5.41, 5.74) is 1.03. The number of carbonyl (C=O) groups is 1. The number of nitrogens with zero attached hydrogens (tertiary/aromatic N) is 1. The van der Waals surface area contributed by atoms with Crippen LogP contribution in [0.3, 0.4) is 0 Å². The topological polar surface area (TPSA) is 49.8 Å². The molecule has 5 heteroatoms. The van der Waals surface area contributed by atoms with Crippen LogP contribution in [0.5, 0.6) is 0 Å². The average Bonchev–Trinajstić information content (AvgIpc) is 2.66. The number of rotatable bonds is 9. The van der Waals surface area contributed by atoms with E-state index in [1.165, 1.54) is 0 Å². The minimum atomic E-state index is -2.08. The summed E-state index contributed by atoms with van der Waals surface area (Å²) in [5, 5.41) is 10.3.